The molecule has 3 heterocycles. The third-order valence-electron chi connectivity index (χ3n) is 3.66. The highest BCUT2D eigenvalue weighted by Crippen LogP contribution is 2.17. The van der Waals surface area contributed by atoms with Gasteiger partial charge in [-0.1, -0.05) is 0 Å². The smallest absolute Gasteiger partial charge is 0.250 e. The number of aromatic nitrogens is 4. The summed E-state index contributed by atoms with van der Waals surface area (Å²) < 4.78 is 5.69. The van der Waals surface area contributed by atoms with Crippen LogP contribution in [0.15, 0.2) is 29.5 Å². The van der Waals surface area contributed by atoms with E-state index in [2.05, 4.69) is 24.8 Å². The first kappa shape index (κ1) is 14.6. The molecule has 1 N–H and O–H groups in total. The molecule has 0 spiro atoms. The second kappa shape index (κ2) is 6.65. The minimum Gasteiger partial charge on any atom is -0.379 e. The Morgan fingerprint density at radius 1 is 1.45 bits per heavy atom. The maximum atomic E-state index is 11.4. The molecule has 0 bridgehead atoms. The molecule has 116 valence electrons. The molecule has 7 nitrogen and oxygen atoms in total. The van der Waals surface area contributed by atoms with Crippen LogP contribution in [0.4, 0.5) is 5.82 Å². The fraction of sp³-hybridized carbons (Fsp3) is 0.467. The third-order valence-corrected chi connectivity index (χ3v) is 3.66. The number of nitrogens with one attached hydrogen (secondary N) is 1. The van der Waals surface area contributed by atoms with Crippen molar-refractivity contribution in [2.24, 2.45) is 5.92 Å². The lowest BCUT2D eigenvalue weighted by Crippen LogP contribution is -2.32. The van der Waals surface area contributed by atoms with Gasteiger partial charge in [-0.15, -0.1) is 0 Å². The average Bonchev–Trinajstić information content (AvgIpc) is 2.73. The second-order valence-corrected chi connectivity index (χ2v) is 5.46. The van der Waals surface area contributed by atoms with Gasteiger partial charge in [-0.05, 0) is 19.4 Å². The largest absolute Gasteiger partial charge is 0.379 e. The predicted octanol–water partition coefficient (Wildman–Crippen LogP) is 0.564. The van der Waals surface area contributed by atoms with E-state index in [-0.39, 0.29) is 11.5 Å². The molecular weight excluding hydrogens is 282 g/mol. The predicted molar refractivity (Wildman–Crippen MR) is 81.9 cm³/mol. The van der Waals surface area contributed by atoms with Crippen molar-refractivity contribution < 1.29 is 4.74 Å². The van der Waals surface area contributed by atoms with E-state index in [9.17, 15) is 4.79 Å². The minimum absolute atomic E-state index is 0.122. The summed E-state index contributed by atoms with van der Waals surface area (Å²) in [5.74, 6) is 1.95. The van der Waals surface area contributed by atoms with E-state index >= 15 is 0 Å². The zero-order valence-electron chi connectivity index (χ0n) is 12.5. The van der Waals surface area contributed by atoms with Crippen LogP contribution in [0.2, 0.25) is 0 Å². The Bertz CT molecular complexity index is 687. The van der Waals surface area contributed by atoms with Crippen molar-refractivity contribution in [2.75, 3.05) is 31.2 Å². The normalized spacial score (nSPS) is 19.0. The molecule has 22 heavy (non-hydrogen) atoms. The van der Waals surface area contributed by atoms with Crippen molar-refractivity contribution in [2.45, 2.75) is 13.3 Å². The van der Waals surface area contributed by atoms with Gasteiger partial charge in [0.2, 0.25) is 0 Å². The van der Waals surface area contributed by atoms with Crippen LogP contribution in [-0.4, -0.2) is 46.2 Å². The summed E-state index contributed by atoms with van der Waals surface area (Å²) in [5.41, 5.74) is 0.667. The van der Waals surface area contributed by atoms with Gasteiger partial charge in [0.25, 0.3) is 5.56 Å². The van der Waals surface area contributed by atoms with Gasteiger partial charge in [-0.3, -0.25) is 4.79 Å². The first-order chi connectivity index (χ1) is 10.7. The van der Waals surface area contributed by atoms with Gasteiger partial charge in [0.1, 0.15) is 11.6 Å². The van der Waals surface area contributed by atoms with Crippen LogP contribution >= 0.6 is 0 Å². The zero-order valence-corrected chi connectivity index (χ0v) is 12.5. The first-order valence-electron chi connectivity index (χ1n) is 7.36. The van der Waals surface area contributed by atoms with Gasteiger partial charge in [0.05, 0.1) is 19.5 Å². The number of rotatable bonds is 3. The molecule has 0 aliphatic carbocycles. The molecule has 0 aromatic carbocycles. The van der Waals surface area contributed by atoms with Crippen LogP contribution in [-0.2, 0) is 11.2 Å². The molecule has 3 rings (SSSR count). The second-order valence-electron chi connectivity index (χ2n) is 5.46. The fourth-order valence-electron chi connectivity index (χ4n) is 2.65. The molecule has 0 unspecified atom stereocenters. The molecule has 1 saturated heterocycles. The lowest BCUT2D eigenvalue weighted by Gasteiger charge is -2.24. The van der Waals surface area contributed by atoms with Crippen molar-refractivity contribution in [1.82, 2.24) is 19.9 Å². The number of ether oxygens (including phenoxy) is 1. The molecule has 0 saturated carbocycles. The Hall–Kier alpha value is -2.28. The average molecular weight is 301 g/mol. The molecule has 1 fully saturated rings. The SMILES string of the molecule is Cc1nccc(N2CCOC[C@H](Cc3cc(=O)[nH]cn3)C2)n1. The monoisotopic (exact) mass is 301 g/mol. The van der Waals surface area contributed by atoms with Crippen LogP contribution in [0.25, 0.3) is 0 Å². The molecule has 1 aliphatic rings. The Morgan fingerprint density at radius 3 is 3.18 bits per heavy atom. The summed E-state index contributed by atoms with van der Waals surface area (Å²) in [6.45, 7) is 4.84. The number of hydrogen-bond donors (Lipinski definition) is 1. The molecule has 2 aromatic heterocycles. The lowest BCUT2D eigenvalue weighted by molar-refractivity contribution is 0.123. The highest BCUT2D eigenvalue weighted by molar-refractivity contribution is 5.37. The Labute approximate surface area is 128 Å². The summed E-state index contributed by atoms with van der Waals surface area (Å²) in [7, 11) is 0. The van der Waals surface area contributed by atoms with Crippen molar-refractivity contribution in [1.29, 1.82) is 0 Å². The number of H-pyrrole nitrogens is 1. The minimum atomic E-state index is -0.122. The fourth-order valence-corrected chi connectivity index (χ4v) is 2.65. The van der Waals surface area contributed by atoms with Gasteiger partial charge < -0.3 is 14.6 Å². The van der Waals surface area contributed by atoms with E-state index in [0.29, 0.717) is 19.6 Å². The summed E-state index contributed by atoms with van der Waals surface area (Å²) in [6.07, 6.45) is 3.93. The van der Waals surface area contributed by atoms with Crippen LogP contribution < -0.4 is 10.5 Å². The summed E-state index contributed by atoms with van der Waals surface area (Å²) in [5, 5.41) is 0. The van der Waals surface area contributed by atoms with Crippen molar-refractivity contribution >= 4 is 5.82 Å². The van der Waals surface area contributed by atoms with E-state index in [4.69, 9.17) is 4.74 Å². The topological polar surface area (TPSA) is 84.0 Å². The van der Waals surface area contributed by atoms with E-state index < -0.39 is 0 Å². The van der Waals surface area contributed by atoms with Crippen LogP contribution in [0, 0.1) is 12.8 Å². The first-order valence-corrected chi connectivity index (χ1v) is 7.36. The Morgan fingerprint density at radius 2 is 2.36 bits per heavy atom. The van der Waals surface area contributed by atoms with Crippen LogP contribution in [0.3, 0.4) is 0 Å². The Balaban J connectivity index is 1.74. The van der Waals surface area contributed by atoms with E-state index in [1.165, 1.54) is 6.33 Å². The standard InChI is InChI=1S/C15H19N5O2/c1-11-16-3-2-14(19-11)20-4-5-22-9-12(8-20)6-13-7-15(21)18-10-17-13/h2-3,7,10,12H,4-6,8-9H2,1H3,(H,17,18,21)/t12-/m1/s1. The zero-order chi connectivity index (χ0) is 15.4. The highest BCUT2D eigenvalue weighted by Gasteiger charge is 2.20. The van der Waals surface area contributed by atoms with Crippen molar-refractivity contribution in [3.8, 4) is 0 Å². The Kier molecular flexibility index (Phi) is 4.43. The third kappa shape index (κ3) is 3.67. The van der Waals surface area contributed by atoms with Gasteiger partial charge in [0.15, 0.2) is 0 Å². The summed E-state index contributed by atoms with van der Waals surface area (Å²) in [4.78, 5) is 29.0. The van der Waals surface area contributed by atoms with Crippen molar-refractivity contribution in [3.63, 3.8) is 0 Å². The molecule has 0 amide bonds. The number of nitrogens with zero attached hydrogens (tertiary/aromatic N) is 4. The van der Waals surface area contributed by atoms with Gasteiger partial charge in [-0.2, -0.15) is 0 Å². The quantitative estimate of drug-likeness (QED) is 0.892. The van der Waals surface area contributed by atoms with E-state index in [1.807, 2.05) is 13.0 Å². The molecule has 0 radical (unpaired) electrons. The maximum absolute atomic E-state index is 11.4. The number of hydrogen-bond acceptors (Lipinski definition) is 6. The van der Waals surface area contributed by atoms with Crippen molar-refractivity contribution in [3.05, 3.63) is 46.5 Å². The molecule has 1 aliphatic heterocycles. The van der Waals surface area contributed by atoms with Crippen LogP contribution in [0.1, 0.15) is 11.5 Å². The number of anilines is 1. The summed E-state index contributed by atoms with van der Waals surface area (Å²) >= 11 is 0. The van der Waals surface area contributed by atoms with Gasteiger partial charge in [-0.25, -0.2) is 15.0 Å². The number of aryl methyl sites for hydroxylation is 1. The van der Waals surface area contributed by atoms with E-state index in [1.54, 1.807) is 12.3 Å². The lowest BCUT2D eigenvalue weighted by atomic mass is 10.0. The highest BCUT2D eigenvalue weighted by atomic mass is 16.5. The van der Waals surface area contributed by atoms with Crippen LogP contribution in [0.5, 0.6) is 0 Å². The van der Waals surface area contributed by atoms with Gasteiger partial charge in [0, 0.05) is 37.0 Å². The molecular formula is C15H19N5O2. The number of aromatic amines is 1. The molecule has 7 heteroatoms. The molecule has 2 aromatic rings. The van der Waals surface area contributed by atoms with E-state index in [0.717, 1.165) is 30.4 Å². The molecule has 1 atom stereocenters. The summed E-state index contributed by atoms with van der Waals surface area (Å²) in [6, 6.07) is 3.46. The maximum Gasteiger partial charge on any atom is 0.250 e. The van der Waals surface area contributed by atoms with Gasteiger partial charge >= 0.3 is 0 Å².